The Morgan fingerprint density at radius 1 is 0.871 bits per heavy atom. The van der Waals surface area contributed by atoms with Crippen LogP contribution in [-0.2, 0) is 10.0 Å². The molecule has 2 N–H and O–H groups in total. The van der Waals surface area contributed by atoms with Gasteiger partial charge in [0, 0.05) is 29.8 Å². The third kappa shape index (κ3) is 4.56. The van der Waals surface area contributed by atoms with Crippen LogP contribution in [0.4, 0.5) is 17.2 Å². The number of nitrogens with one attached hydrogen (secondary N) is 2. The minimum absolute atomic E-state index is 0.276. The van der Waals surface area contributed by atoms with Crippen LogP contribution in [0, 0.1) is 20.8 Å². The van der Waals surface area contributed by atoms with Crippen LogP contribution in [0.3, 0.4) is 0 Å². The lowest BCUT2D eigenvalue weighted by atomic mass is 10.2. The van der Waals surface area contributed by atoms with Crippen molar-refractivity contribution >= 4 is 27.2 Å². The maximum absolute atomic E-state index is 12.8. The van der Waals surface area contributed by atoms with Gasteiger partial charge in [0.25, 0.3) is 10.0 Å². The van der Waals surface area contributed by atoms with Crippen LogP contribution >= 0.6 is 0 Å². The fourth-order valence-corrected chi connectivity index (χ4v) is 4.53. The zero-order valence-corrected chi connectivity index (χ0v) is 18.2. The summed E-state index contributed by atoms with van der Waals surface area (Å²) in [4.78, 5) is 13.0. The van der Waals surface area contributed by atoms with E-state index in [2.05, 4.69) is 25.0 Å². The molecule has 0 fully saturated rings. The van der Waals surface area contributed by atoms with Crippen LogP contribution in [0.5, 0.6) is 0 Å². The molecule has 0 radical (unpaired) electrons. The van der Waals surface area contributed by atoms with Crippen molar-refractivity contribution in [3.63, 3.8) is 0 Å². The predicted octanol–water partition coefficient (Wildman–Crippen LogP) is 4.13. The molecule has 8 nitrogen and oxygen atoms in total. The Balaban J connectivity index is 1.50. The molecule has 0 saturated carbocycles. The number of sulfonamides is 1. The highest BCUT2D eigenvalue weighted by Crippen LogP contribution is 2.23. The highest BCUT2D eigenvalue weighted by molar-refractivity contribution is 7.92. The fraction of sp³-hybridized carbons (Fsp3) is 0.136. The van der Waals surface area contributed by atoms with Crippen molar-refractivity contribution in [2.75, 3.05) is 10.0 Å². The highest BCUT2D eigenvalue weighted by atomic mass is 32.2. The highest BCUT2D eigenvalue weighted by Gasteiger charge is 2.17. The third-order valence-corrected chi connectivity index (χ3v) is 6.29. The number of hydrogen-bond acceptors (Lipinski definition) is 6. The molecule has 0 unspecified atom stereocenters. The molecule has 2 heterocycles. The number of hydrogen-bond donors (Lipinski definition) is 2. The Kier molecular flexibility index (Phi) is 5.43. The molecule has 158 valence electrons. The Morgan fingerprint density at radius 2 is 1.61 bits per heavy atom. The van der Waals surface area contributed by atoms with Gasteiger partial charge in [0.1, 0.15) is 23.8 Å². The van der Waals surface area contributed by atoms with Gasteiger partial charge in [0.05, 0.1) is 4.90 Å². The summed E-state index contributed by atoms with van der Waals surface area (Å²) in [5.41, 5.74) is 2.83. The van der Waals surface area contributed by atoms with Crippen LogP contribution in [-0.4, -0.2) is 27.9 Å². The second-order valence-corrected chi connectivity index (χ2v) is 8.83. The topological polar surface area (TPSA) is 102 Å². The molecule has 0 atom stereocenters. The molecule has 4 aromatic rings. The number of imidazole rings is 1. The molecule has 0 aliphatic heterocycles. The summed E-state index contributed by atoms with van der Waals surface area (Å²) < 4.78 is 30.0. The van der Waals surface area contributed by atoms with Crippen LogP contribution in [0.15, 0.2) is 72.1 Å². The Morgan fingerprint density at radius 3 is 2.32 bits per heavy atom. The fourth-order valence-electron chi connectivity index (χ4n) is 3.14. The Bertz CT molecular complexity index is 1330. The van der Waals surface area contributed by atoms with Gasteiger partial charge in [-0.15, -0.1) is 0 Å². The van der Waals surface area contributed by atoms with E-state index in [1.807, 2.05) is 36.7 Å². The minimum atomic E-state index is -3.67. The number of nitrogens with zero attached hydrogens (tertiary/aromatic N) is 4. The summed E-state index contributed by atoms with van der Waals surface area (Å²) in [6.45, 7) is 5.54. The van der Waals surface area contributed by atoms with Gasteiger partial charge in [0.2, 0.25) is 0 Å². The smallest absolute Gasteiger partial charge is 0.262 e. The quantitative estimate of drug-likeness (QED) is 0.473. The first-order valence-corrected chi connectivity index (χ1v) is 11.1. The lowest BCUT2D eigenvalue weighted by Gasteiger charge is -2.12. The molecule has 0 amide bonds. The number of aryl methyl sites for hydroxylation is 3. The maximum Gasteiger partial charge on any atom is 0.262 e. The van der Waals surface area contributed by atoms with E-state index >= 15 is 0 Å². The van der Waals surface area contributed by atoms with E-state index in [1.54, 1.807) is 49.5 Å². The standard InChI is InChI=1S/C22H22N6O2S/c1-15-4-5-16(2)20(12-15)31(29,30)27-19-8-6-18(7-9-19)26-21-13-22(25-14-24-21)28-11-10-23-17(28)3/h4-14,27H,1-3H3,(H,24,25,26). The molecular formula is C22H22N6O2S. The molecule has 0 aliphatic rings. The summed E-state index contributed by atoms with van der Waals surface area (Å²) >= 11 is 0. The summed E-state index contributed by atoms with van der Waals surface area (Å²) in [6.07, 6.45) is 5.02. The number of rotatable bonds is 6. The van der Waals surface area contributed by atoms with Gasteiger partial charge in [-0.1, -0.05) is 12.1 Å². The van der Waals surface area contributed by atoms with Crippen LogP contribution < -0.4 is 10.0 Å². The zero-order chi connectivity index (χ0) is 22.0. The average Bonchev–Trinajstić information content (AvgIpc) is 3.17. The summed E-state index contributed by atoms with van der Waals surface area (Å²) in [7, 11) is -3.67. The maximum atomic E-state index is 12.8. The van der Waals surface area contributed by atoms with Gasteiger partial charge in [-0.25, -0.2) is 23.4 Å². The third-order valence-electron chi connectivity index (χ3n) is 4.77. The van der Waals surface area contributed by atoms with E-state index in [-0.39, 0.29) is 4.90 Å². The SMILES string of the molecule is Cc1ccc(C)c(S(=O)(=O)Nc2ccc(Nc3cc(-n4ccnc4C)ncn3)cc2)c1. The van der Waals surface area contributed by atoms with Gasteiger partial charge >= 0.3 is 0 Å². The lowest BCUT2D eigenvalue weighted by Crippen LogP contribution is -2.14. The van der Waals surface area contributed by atoms with Gasteiger partial charge < -0.3 is 5.32 Å². The molecule has 2 aromatic carbocycles. The first-order chi connectivity index (χ1) is 14.8. The molecule has 0 aliphatic carbocycles. The van der Waals surface area contributed by atoms with Gasteiger partial charge in [0.15, 0.2) is 0 Å². The van der Waals surface area contributed by atoms with E-state index < -0.39 is 10.0 Å². The second kappa shape index (κ2) is 8.19. The van der Waals surface area contributed by atoms with Crippen molar-refractivity contribution in [2.24, 2.45) is 0 Å². The predicted molar refractivity (Wildman–Crippen MR) is 120 cm³/mol. The number of anilines is 3. The first-order valence-electron chi connectivity index (χ1n) is 9.61. The van der Waals surface area contributed by atoms with Crippen molar-refractivity contribution in [1.29, 1.82) is 0 Å². The van der Waals surface area contributed by atoms with Gasteiger partial charge in [-0.05, 0) is 62.2 Å². The number of benzene rings is 2. The van der Waals surface area contributed by atoms with Crippen molar-refractivity contribution < 1.29 is 8.42 Å². The van der Waals surface area contributed by atoms with Gasteiger partial charge in [-0.2, -0.15) is 0 Å². The van der Waals surface area contributed by atoms with Gasteiger partial charge in [-0.3, -0.25) is 9.29 Å². The lowest BCUT2D eigenvalue weighted by molar-refractivity contribution is 0.600. The number of aromatic nitrogens is 4. The monoisotopic (exact) mass is 434 g/mol. The largest absolute Gasteiger partial charge is 0.340 e. The van der Waals surface area contributed by atoms with Crippen LogP contribution in [0.25, 0.3) is 5.82 Å². The van der Waals surface area contributed by atoms with Crippen LogP contribution in [0.1, 0.15) is 17.0 Å². The molecule has 4 rings (SSSR count). The second-order valence-electron chi connectivity index (χ2n) is 7.18. The summed E-state index contributed by atoms with van der Waals surface area (Å²) in [6, 6.07) is 14.1. The van der Waals surface area contributed by atoms with Crippen molar-refractivity contribution in [3.05, 3.63) is 84.2 Å². The summed E-state index contributed by atoms with van der Waals surface area (Å²) in [5.74, 6) is 2.14. The molecule has 31 heavy (non-hydrogen) atoms. The first kappa shape index (κ1) is 20.5. The normalized spacial score (nSPS) is 11.3. The van der Waals surface area contributed by atoms with Crippen molar-refractivity contribution in [1.82, 2.24) is 19.5 Å². The molecule has 9 heteroatoms. The van der Waals surface area contributed by atoms with Crippen LogP contribution in [0.2, 0.25) is 0 Å². The molecule has 0 saturated heterocycles. The Labute approximate surface area is 181 Å². The average molecular weight is 435 g/mol. The molecule has 0 bridgehead atoms. The molecule has 2 aromatic heterocycles. The Hall–Kier alpha value is -3.72. The van der Waals surface area contributed by atoms with Crippen molar-refractivity contribution in [3.8, 4) is 5.82 Å². The van der Waals surface area contributed by atoms with E-state index in [4.69, 9.17) is 0 Å². The van der Waals surface area contributed by atoms with E-state index in [0.717, 1.165) is 17.1 Å². The molecule has 0 spiro atoms. The molecular weight excluding hydrogens is 412 g/mol. The van der Waals surface area contributed by atoms with E-state index in [9.17, 15) is 8.42 Å². The van der Waals surface area contributed by atoms with E-state index in [0.29, 0.717) is 22.9 Å². The summed E-state index contributed by atoms with van der Waals surface area (Å²) in [5, 5.41) is 3.20. The van der Waals surface area contributed by atoms with E-state index in [1.165, 1.54) is 6.33 Å². The zero-order valence-electron chi connectivity index (χ0n) is 17.4. The van der Waals surface area contributed by atoms with Crippen molar-refractivity contribution in [2.45, 2.75) is 25.7 Å². The minimum Gasteiger partial charge on any atom is -0.340 e.